The van der Waals surface area contributed by atoms with E-state index in [9.17, 15) is 4.79 Å². The second kappa shape index (κ2) is 3.29. The Hall–Kier alpha value is -0.570. The third-order valence-electron chi connectivity index (χ3n) is 3.47. The van der Waals surface area contributed by atoms with Crippen LogP contribution in [0.4, 0.5) is 0 Å². The van der Waals surface area contributed by atoms with Gasteiger partial charge in [-0.3, -0.25) is 4.79 Å². The Kier molecular flexibility index (Phi) is 2.28. The van der Waals surface area contributed by atoms with Gasteiger partial charge in [-0.2, -0.15) is 0 Å². The van der Waals surface area contributed by atoms with Crippen LogP contribution in [0.1, 0.15) is 38.5 Å². The van der Waals surface area contributed by atoms with Gasteiger partial charge in [-0.25, -0.2) is 0 Å². The van der Waals surface area contributed by atoms with Crippen molar-refractivity contribution in [1.29, 1.82) is 0 Å². The van der Waals surface area contributed by atoms with E-state index in [1.54, 1.807) is 0 Å². The SMILES string of the molecule is NC1(C(=O)NCC2CCC2)CCC1. The molecular formula is C10H18N2O. The highest BCUT2D eigenvalue weighted by atomic mass is 16.2. The van der Waals surface area contributed by atoms with Crippen LogP contribution >= 0.6 is 0 Å². The molecule has 2 fully saturated rings. The normalized spacial score (nSPS) is 25.9. The molecule has 3 N–H and O–H groups in total. The lowest BCUT2D eigenvalue weighted by molar-refractivity contribution is -0.129. The molecule has 3 heteroatoms. The summed E-state index contributed by atoms with van der Waals surface area (Å²) < 4.78 is 0. The van der Waals surface area contributed by atoms with E-state index < -0.39 is 5.54 Å². The van der Waals surface area contributed by atoms with E-state index >= 15 is 0 Å². The van der Waals surface area contributed by atoms with Crippen molar-refractivity contribution in [3.63, 3.8) is 0 Å². The molecule has 0 aromatic carbocycles. The minimum Gasteiger partial charge on any atom is -0.354 e. The molecule has 13 heavy (non-hydrogen) atoms. The smallest absolute Gasteiger partial charge is 0.240 e. The first-order valence-corrected chi connectivity index (χ1v) is 5.28. The van der Waals surface area contributed by atoms with Gasteiger partial charge >= 0.3 is 0 Å². The number of nitrogens with two attached hydrogens (primary N) is 1. The van der Waals surface area contributed by atoms with Crippen molar-refractivity contribution in [2.75, 3.05) is 6.54 Å². The van der Waals surface area contributed by atoms with Gasteiger partial charge in [-0.05, 0) is 38.0 Å². The molecule has 3 nitrogen and oxygen atoms in total. The molecule has 0 heterocycles. The minimum atomic E-state index is -0.510. The van der Waals surface area contributed by atoms with Crippen molar-refractivity contribution < 1.29 is 4.79 Å². The zero-order valence-corrected chi connectivity index (χ0v) is 8.01. The van der Waals surface area contributed by atoms with E-state index in [0.717, 1.165) is 31.7 Å². The third kappa shape index (κ3) is 1.70. The van der Waals surface area contributed by atoms with E-state index in [1.807, 2.05) is 0 Å². The van der Waals surface area contributed by atoms with Gasteiger partial charge in [0, 0.05) is 6.54 Å². The zero-order chi connectivity index (χ0) is 9.31. The lowest BCUT2D eigenvalue weighted by atomic mass is 9.76. The Morgan fingerprint density at radius 3 is 2.46 bits per heavy atom. The molecule has 2 rings (SSSR count). The fraction of sp³-hybridized carbons (Fsp3) is 0.900. The van der Waals surface area contributed by atoms with Gasteiger partial charge in [0.15, 0.2) is 0 Å². The van der Waals surface area contributed by atoms with Crippen molar-refractivity contribution in [2.24, 2.45) is 11.7 Å². The molecular weight excluding hydrogens is 164 g/mol. The standard InChI is InChI=1S/C10H18N2O/c11-10(5-2-6-10)9(13)12-7-8-3-1-4-8/h8H,1-7,11H2,(H,12,13). The molecule has 0 aromatic heterocycles. The van der Waals surface area contributed by atoms with Gasteiger partial charge < -0.3 is 11.1 Å². The minimum absolute atomic E-state index is 0.0747. The molecule has 0 unspecified atom stereocenters. The fourth-order valence-electron chi connectivity index (χ4n) is 1.89. The van der Waals surface area contributed by atoms with Crippen LogP contribution in [0.3, 0.4) is 0 Å². The highest BCUT2D eigenvalue weighted by Gasteiger charge is 2.40. The van der Waals surface area contributed by atoms with Crippen molar-refractivity contribution in [3.8, 4) is 0 Å². The van der Waals surface area contributed by atoms with Crippen molar-refractivity contribution in [1.82, 2.24) is 5.32 Å². The summed E-state index contributed by atoms with van der Waals surface area (Å²) >= 11 is 0. The number of hydrogen-bond acceptors (Lipinski definition) is 2. The summed E-state index contributed by atoms with van der Waals surface area (Å²) in [6.45, 7) is 0.845. The number of nitrogens with one attached hydrogen (secondary N) is 1. The maximum Gasteiger partial charge on any atom is 0.240 e. The van der Waals surface area contributed by atoms with Gasteiger partial charge in [0.2, 0.25) is 5.91 Å². The van der Waals surface area contributed by atoms with Gasteiger partial charge in [0.1, 0.15) is 0 Å². The molecule has 74 valence electrons. The summed E-state index contributed by atoms with van der Waals surface area (Å²) in [7, 11) is 0. The summed E-state index contributed by atoms with van der Waals surface area (Å²) in [4.78, 5) is 11.6. The fourth-order valence-corrected chi connectivity index (χ4v) is 1.89. The van der Waals surface area contributed by atoms with E-state index in [1.165, 1.54) is 19.3 Å². The zero-order valence-electron chi connectivity index (χ0n) is 8.01. The molecule has 0 spiro atoms. The Bertz CT molecular complexity index is 207. The van der Waals surface area contributed by atoms with Crippen LogP contribution in [0.25, 0.3) is 0 Å². The second-order valence-electron chi connectivity index (χ2n) is 4.52. The van der Waals surface area contributed by atoms with Crippen LogP contribution in [0.5, 0.6) is 0 Å². The van der Waals surface area contributed by atoms with E-state index in [0.29, 0.717) is 0 Å². The lowest BCUT2D eigenvalue weighted by Crippen LogP contribution is -2.59. The topological polar surface area (TPSA) is 55.1 Å². The summed E-state index contributed by atoms with van der Waals surface area (Å²) in [5, 5.41) is 2.96. The van der Waals surface area contributed by atoms with Gasteiger partial charge in [0.05, 0.1) is 5.54 Å². The third-order valence-corrected chi connectivity index (χ3v) is 3.47. The van der Waals surface area contributed by atoms with Crippen molar-refractivity contribution >= 4 is 5.91 Å². The lowest BCUT2D eigenvalue weighted by Gasteiger charge is -2.37. The van der Waals surface area contributed by atoms with Crippen molar-refractivity contribution in [2.45, 2.75) is 44.1 Å². The maximum atomic E-state index is 11.6. The summed E-state index contributed by atoms with van der Waals surface area (Å²) in [5.41, 5.74) is 5.37. The Morgan fingerprint density at radius 2 is 2.08 bits per heavy atom. The first-order valence-electron chi connectivity index (χ1n) is 5.28. The Morgan fingerprint density at radius 1 is 1.38 bits per heavy atom. The molecule has 0 aromatic rings. The summed E-state index contributed by atoms with van der Waals surface area (Å²) in [6, 6.07) is 0. The largest absolute Gasteiger partial charge is 0.354 e. The average Bonchev–Trinajstić information content (AvgIpc) is 1.97. The molecule has 2 aliphatic rings. The van der Waals surface area contributed by atoms with E-state index in [4.69, 9.17) is 5.73 Å². The Labute approximate surface area is 79.1 Å². The van der Waals surface area contributed by atoms with E-state index in [2.05, 4.69) is 5.32 Å². The number of rotatable bonds is 3. The monoisotopic (exact) mass is 182 g/mol. The number of hydrogen-bond donors (Lipinski definition) is 2. The highest BCUT2D eigenvalue weighted by Crippen LogP contribution is 2.30. The van der Waals surface area contributed by atoms with Gasteiger partial charge in [-0.1, -0.05) is 6.42 Å². The van der Waals surface area contributed by atoms with Crippen LogP contribution in [-0.2, 0) is 4.79 Å². The molecule has 2 aliphatic carbocycles. The molecule has 0 atom stereocenters. The number of carbonyl (C=O) groups excluding carboxylic acids is 1. The van der Waals surface area contributed by atoms with Crippen LogP contribution < -0.4 is 11.1 Å². The number of carbonyl (C=O) groups is 1. The summed E-state index contributed by atoms with van der Waals surface area (Å²) in [5.74, 6) is 0.804. The molecule has 0 bridgehead atoms. The highest BCUT2D eigenvalue weighted by molar-refractivity contribution is 5.86. The average molecular weight is 182 g/mol. The van der Waals surface area contributed by atoms with Crippen LogP contribution in [0, 0.1) is 5.92 Å². The predicted octanol–water partition coefficient (Wildman–Crippen LogP) is 0.784. The molecule has 0 aliphatic heterocycles. The maximum absolute atomic E-state index is 11.6. The molecule has 0 radical (unpaired) electrons. The van der Waals surface area contributed by atoms with E-state index in [-0.39, 0.29) is 5.91 Å². The van der Waals surface area contributed by atoms with Crippen LogP contribution in [0.2, 0.25) is 0 Å². The molecule has 0 saturated heterocycles. The first-order chi connectivity index (χ1) is 6.21. The first kappa shape index (κ1) is 9.00. The second-order valence-corrected chi connectivity index (χ2v) is 4.52. The van der Waals surface area contributed by atoms with Crippen molar-refractivity contribution in [3.05, 3.63) is 0 Å². The van der Waals surface area contributed by atoms with Crippen LogP contribution in [0.15, 0.2) is 0 Å². The Balaban J connectivity index is 1.71. The quantitative estimate of drug-likeness (QED) is 0.678. The summed E-state index contributed by atoms with van der Waals surface area (Å²) in [6.07, 6.45) is 6.71. The van der Waals surface area contributed by atoms with Crippen LogP contribution in [-0.4, -0.2) is 18.0 Å². The molecule has 2 saturated carbocycles. The molecule has 1 amide bonds. The van der Waals surface area contributed by atoms with Gasteiger partial charge in [0.25, 0.3) is 0 Å². The predicted molar refractivity (Wildman–Crippen MR) is 51.1 cm³/mol. The van der Waals surface area contributed by atoms with Gasteiger partial charge in [-0.15, -0.1) is 0 Å². The number of amides is 1.